The molecule has 1 heterocycles. The fraction of sp³-hybridized carbons (Fsp3) is 0.462. The molecular formula is C13H14BrClFNO. The smallest absolute Gasteiger partial charge is 0.256 e. The number of alkyl halides is 1. The first-order valence-electron chi connectivity index (χ1n) is 5.92. The lowest BCUT2D eigenvalue weighted by atomic mass is 9.98. The van der Waals surface area contributed by atoms with Crippen molar-refractivity contribution in [2.75, 3.05) is 19.0 Å². The second-order valence-electron chi connectivity index (χ2n) is 4.51. The molecule has 1 aliphatic heterocycles. The summed E-state index contributed by atoms with van der Waals surface area (Å²) in [5.41, 5.74) is 0.141. The van der Waals surface area contributed by atoms with E-state index >= 15 is 0 Å². The molecule has 0 aromatic heterocycles. The van der Waals surface area contributed by atoms with E-state index in [1.807, 2.05) is 0 Å². The summed E-state index contributed by atoms with van der Waals surface area (Å²) in [6, 6.07) is 4.52. The molecule has 2 nitrogen and oxygen atoms in total. The van der Waals surface area contributed by atoms with Crippen LogP contribution in [-0.4, -0.2) is 29.8 Å². The van der Waals surface area contributed by atoms with Gasteiger partial charge in [0, 0.05) is 23.4 Å². The van der Waals surface area contributed by atoms with Crippen LogP contribution in [0.4, 0.5) is 4.39 Å². The SMILES string of the molecule is O=C(c1ccc(Br)cc1F)N1CCC(CCl)CC1. The van der Waals surface area contributed by atoms with Gasteiger partial charge in [-0.1, -0.05) is 15.9 Å². The molecule has 0 aliphatic carbocycles. The quantitative estimate of drug-likeness (QED) is 0.756. The summed E-state index contributed by atoms with van der Waals surface area (Å²) in [7, 11) is 0. The van der Waals surface area contributed by atoms with E-state index in [1.165, 1.54) is 12.1 Å². The maximum absolute atomic E-state index is 13.7. The monoisotopic (exact) mass is 333 g/mol. The first-order valence-corrected chi connectivity index (χ1v) is 7.25. The molecule has 98 valence electrons. The summed E-state index contributed by atoms with van der Waals surface area (Å²) in [5.74, 6) is 0.404. The highest BCUT2D eigenvalue weighted by atomic mass is 79.9. The van der Waals surface area contributed by atoms with Crippen LogP contribution < -0.4 is 0 Å². The molecule has 0 atom stereocenters. The van der Waals surface area contributed by atoms with Crippen molar-refractivity contribution < 1.29 is 9.18 Å². The molecule has 1 fully saturated rings. The maximum atomic E-state index is 13.7. The van der Waals surface area contributed by atoms with Gasteiger partial charge < -0.3 is 4.90 Å². The molecule has 1 aliphatic rings. The molecule has 0 bridgehead atoms. The van der Waals surface area contributed by atoms with Crippen LogP contribution in [0.5, 0.6) is 0 Å². The molecule has 1 aromatic rings. The van der Waals surface area contributed by atoms with Gasteiger partial charge in [0.1, 0.15) is 5.82 Å². The number of carbonyl (C=O) groups excluding carboxylic acids is 1. The topological polar surface area (TPSA) is 20.3 Å². The molecule has 0 unspecified atom stereocenters. The van der Waals surface area contributed by atoms with Crippen LogP contribution in [-0.2, 0) is 0 Å². The highest BCUT2D eigenvalue weighted by Gasteiger charge is 2.24. The van der Waals surface area contributed by atoms with E-state index in [2.05, 4.69) is 15.9 Å². The van der Waals surface area contributed by atoms with Gasteiger partial charge in [-0.15, -0.1) is 11.6 Å². The zero-order chi connectivity index (χ0) is 13.1. The number of benzene rings is 1. The Labute approximate surface area is 119 Å². The number of likely N-dealkylation sites (tertiary alicyclic amines) is 1. The number of halogens is 3. The summed E-state index contributed by atoms with van der Waals surface area (Å²) in [6.45, 7) is 1.32. The van der Waals surface area contributed by atoms with Gasteiger partial charge in [-0.2, -0.15) is 0 Å². The van der Waals surface area contributed by atoms with Crippen molar-refractivity contribution in [2.45, 2.75) is 12.8 Å². The van der Waals surface area contributed by atoms with Crippen molar-refractivity contribution in [3.63, 3.8) is 0 Å². The third-order valence-electron chi connectivity index (χ3n) is 3.28. The Morgan fingerprint density at radius 2 is 2.11 bits per heavy atom. The van der Waals surface area contributed by atoms with Crippen molar-refractivity contribution in [3.8, 4) is 0 Å². The summed E-state index contributed by atoms with van der Waals surface area (Å²) in [4.78, 5) is 13.9. The van der Waals surface area contributed by atoms with Gasteiger partial charge >= 0.3 is 0 Å². The second kappa shape index (κ2) is 6.02. The third-order valence-corrected chi connectivity index (χ3v) is 4.21. The van der Waals surface area contributed by atoms with E-state index in [1.54, 1.807) is 11.0 Å². The van der Waals surface area contributed by atoms with Crippen LogP contribution in [0.15, 0.2) is 22.7 Å². The molecule has 0 N–H and O–H groups in total. The fourth-order valence-electron chi connectivity index (χ4n) is 2.12. The number of piperidine rings is 1. The second-order valence-corrected chi connectivity index (χ2v) is 5.74. The predicted octanol–water partition coefficient (Wildman–Crippen LogP) is 3.68. The average molecular weight is 335 g/mol. The van der Waals surface area contributed by atoms with Gasteiger partial charge in [-0.05, 0) is 37.0 Å². The van der Waals surface area contributed by atoms with Gasteiger partial charge in [-0.3, -0.25) is 4.79 Å². The molecule has 18 heavy (non-hydrogen) atoms. The number of rotatable bonds is 2. The van der Waals surface area contributed by atoms with E-state index in [-0.39, 0.29) is 11.5 Å². The zero-order valence-corrected chi connectivity index (χ0v) is 12.2. The van der Waals surface area contributed by atoms with Crippen LogP contribution in [0.2, 0.25) is 0 Å². The van der Waals surface area contributed by atoms with Gasteiger partial charge in [0.15, 0.2) is 0 Å². The minimum Gasteiger partial charge on any atom is -0.339 e. The average Bonchev–Trinajstić information content (AvgIpc) is 2.38. The van der Waals surface area contributed by atoms with Gasteiger partial charge in [0.25, 0.3) is 5.91 Å². The summed E-state index contributed by atoms with van der Waals surface area (Å²) < 4.78 is 14.3. The van der Waals surface area contributed by atoms with E-state index in [4.69, 9.17) is 11.6 Å². The molecule has 2 rings (SSSR count). The van der Waals surface area contributed by atoms with Crippen molar-refractivity contribution in [3.05, 3.63) is 34.1 Å². The normalized spacial score (nSPS) is 16.9. The van der Waals surface area contributed by atoms with Crippen LogP contribution in [0, 0.1) is 11.7 Å². The van der Waals surface area contributed by atoms with Crippen LogP contribution in [0.25, 0.3) is 0 Å². The van der Waals surface area contributed by atoms with Gasteiger partial charge in [0.2, 0.25) is 0 Å². The predicted molar refractivity (Wildman–Crippen MR) is 73.4 cm³/mol. The Hall–Kier alpha value is -0.610. The Morgan fingerprint density at radius 1 is 1.44 bits per heavy atom. The lowest BCUT2D eigenvalue weighted by molar-refractivity contribution is 0.0693. The highest BCUT2D eigenvalue weighted by molar-refractivity contribution is 9.10. The van der Waals surface area contributed by atoms with Crippen LogP contribution in [0.1, 0.15) is 23.2 Å². The first kappa shape index (κ1) is 13.8. The zero-order valence-electron chi connectivity index (χ0n) is 9.83. The molecule has 0 radical (unpaired) electrons. The van der Waals surface area contributed by atoms with E-state index in [9.17, 15) is 9.18 Å². The van der Waals surface area contributed by atoms with Crippen molar-refractivity contribution in [1.29, 1.82) is 0 Å². The maximum Gasteiger partial charge on any atom is 0.256 e. The molecule has 1 saturated heterocycles. The van der Waals surface area contributed by atoms with E-state index < -0.39 is 5.82 Å². The molecule has 0 saturated carbocycles. The number of carbonyl (C=O) groups is 1. The van der Waals surface area contributed by atoms with Crippen LogP contribution in [0.3, 0.4) is 0 Å². The number of hydrogen-bond donors (Lipinski definition) is 0. The van der Waals surface area contributed by atoms with Gasteiger partial charge in [0.05, 0.1) is 5.56 Å². The number of hydrogen-bond acceptors (Lipinski definition) is 1. The van der Waals surface area contributed by atoms with Crippen LogP contribution >= 0.6 is 27.5 Å². The Kier molecular flexibility index (Phi) is 4.62. The summed E-state index contributed by atoms with van der Waals surface area (Å²) in [6.07, 6.45) is 1.79. The Bertz CT molecular complexity index is 447. The van der Waals surface area contributed by atoms with Crippen molar-refractivity contribution in [1.82, 2.24) is 4.90 Å². The minimum atomic E-state index is -0.478. The Morgan fingerprint density at radius 3 is 2.67 bits per heavy atom. The van der Waals surface area contributed by atoms with E-state index in [0.717, 1.165) is 12.8 Å². The minimum absolute atomic E-state index is 0.141. The molecular weight excluding hydrogens is 321 g/mol. The van der Waals surface area contributed by atoms with Crippen molar-refractivity contribution in [2.24, 2.45) is 5.92 Å². The fourth-order valence-corrected chi connectivity index (χ4v) is 2.77. The number of nitrogens with zero attached hydrogens (tertiary/aromatic N) is 1. The van der Waals surface area contributed by atoms with Gasteiger partial charge in [-0.25, -0.2) is 4.39 Å². The van der Waals surface area contributed by atoms with E-state index in [0.29, 0.717) is 29.4 Å². The highest BCUT2D eigenvalue weighted by Crippen LogP contribution is 2.22. The molecule has 1 amide bonds. The summed E-state index contributed by atoms with van der Waals surface area (Å²) in [5, 5.41) is 0. The third kappa shape index (κ3) is 3.04. The molecule has 1 aromatic carbocycles. The lowest BCUT2D eigenvalue weighted by Crippen LogP contribution is -2.39. The number of amides is 1. The largest absolute Gasteiger partial charge is 0.339 e. The summed E-state index contributed by atoms with van der Waals surface area (Å²) >= 11 is 8.98. The van der Waals surface area contributed by atoms with Crippen molar-refractivity contribution >= 4 is 33.4 Å². The molecule has 5 heteroatoms. The molecule has 0 spiro atoms. The lowest BCUT2D eigenvalue weighted by Gasteiger charge is -2.31. The Balaban J connectivity index is 2.08. The standard InChI is InChI=1S/C13H14BrClFNO/c14-10-1-2-11(12(16)7-10)13(18)17-5-3-9(8-15)4-6-17/h1-2,7,9H,3-6,8H2. The first-order chi connectivity index (χ1) is 8.61.